The van der Waals surface area contributed by atoms with Crippen molar-refractivity contribution in [2.24, 2.45) is 16.7 Å². The van der Waals surface area contributed by atoms with E-state index in [4.69, 9.17) is 5.26 Å². The summed E-state index contributed by atoms with van der Waals surface area (Å²) in [6.07, 6.45) is 2.19. The van der Waals surface area contributed by atoms with Gasteiger partial charge in [0.05, 0.1) is 18.2 Å². The molecular formula is C22H29N3O4S. The molecule has 30 heavy (non-hydrogen) atoms. The van der Waals surface area contributed by atoms with E-state index in [1.165, 1.54) is 0 Å². The molecule has 3 rings (SSSR count). The number of hydrogen-bond donors (Lipinski definition) is 2. The molecule has 0 aliphatic heterocycles. The van der Waals surface area contributed by atoms with Crippen LogP contribution in [0.4, 0.5) is 0 Å². The van der Waals surface area contributed by atoms with Gasteiger partial charge in [0, 0.05) is 18.4 Å². The Balaban J connectivity index is 1.79. The molecule has 0 spiro atoms. The lowest BCUT2D eigenvalue weighted by molar-refractivity contribution is -0.128. The molecule has 2 fully saturated rings. The second-order valence-electron chi connectivity index (χ2n) is 8.99. The van der Waals surface area contributed by atoms with Crippen LogP contribution in [0, 0.1) is 28.1 Å². The molecule has 2 aliphatic rings. The fourth-order valence-corrected chi connectivity index (χ4v) is 7.13. The number of amides is 1. The predicted octanol–water partition coefficient (Wildman–Crippen LogP) is 1.94. The van der Waals surface area contributed by atoms with Crippen LogP contribution in [-0.2, 0) is 26.0 Å². The van der Waals surface area contributed by atoms with Crippen LogP contribution in [0.15, 0.2) is 30.3 Å². The molecule has 0 radical (unpaired) electrons. The maximum Gasteiger partial charge on any atom is 0.238 e. The average Bonchev–Trinajstić information content (AvgIpc) is 3.02. The molecule has 1 aromatic rings. The molecule has 0 aromatic heterocycles. The summed E-state index contributed by atoms with van der Waals surface area (Å²) in [5, 5.41) is 11.3. The zero-order valence-corrected chi connectivity index (χ0v) is 18.3. The second kappa shape index (κ2) is 8.48. The normalized spacial score (nSPS) is 25.6. The molecule has 3 unspecified atom stereocenters. The monoisotopic (exact) mass is 431 g/mol. The molecular weight excluding hydrogens is 402 g/mol. The van der Waals surface area contributed by atoms with Crippen LogP contribution in [0.2, 0.25) is 0 Å². The second-order valence-corrected chi connectivity index (χ2v) is 10.7. The molecule has 2 bridgehead atoms. The highest BCUT2D eigenvalue weighted by molar-refractivity contribution is 7.89. The first kappa shape index (κ1) is 22.4. The number of sulfonamides is 1. The van der Waals surface area contributed by atoms with E-state index in [1.54, 1.807) is 0 Å². The van der Waals surface area contributed by atoms with Crippen molar-refractivity contribution >= 4 is 21.7 Å². The summed E-state index contributed by atoms with van der Waals surface area (Å²) in [4.78, 5) is 25.4. The highest BCUT2D eigenvalue weighted by atomic mass is 32.2. The molecule has 8 heteroatoms. The summed E-state index contributed by atoms with van der Waals surface area (Å²) in [5.74, 6) is -0.530. The van der Waals surface area contributed by atoms with E-state index >= 15 is 0 Å². The number of rotatable bonds is 9. The topological polar surface area (TPSA) is 116 Å². The van der Waals surface area contributed by atoms with E-state index in [2.05, 4.69) is 10.0 Å². The minimum atomic E-state index is -3.90. The minimum Gasteiger partial charge on any atom is -0.354 e. The Morgan fingerprint density at radius 1 is 1.30 bits per heavy atom. The van der Waals surface area contributed by atoms with Crippen LogP contribution in [0.1, 0.15) is 45.1 Å². The summed E-state index contributed by atoms with van der Waals surface area (Å²) in [6, 6.07) is 10.1. The van der Waals surface area contributed by atoms with Crippen LogP contribution in [-0.4, -0.2) is 38.4 Å². The molecule has 2 N–H and O–H groups in total. The Hall–Kier alpha value is -2.24. The fraction of sp³-hybridized carbons (Fsp3) is 0.591. The van der Waals surface area contributed by atoms with Crippen molar-refractivity contribution in [3.05, 3.63) is 35.9 Å². The molecule has 0 heterocycles. The van der Waals surface area contributed by atoms with Crippen LogP contribution < -0.4 is 10.0 Å². The molecule has 1 aromatic carbocycles. The zero-order chi connectivity index (χ0) is 22.0. The number of Topliss-reactive ketones (excluding diaryl/α,β-unsaturated/α-hetero) is 1. The molecule has 3 atom stereocenters. The fourth-order valence-electron chi connectivity index (χ4n) is 5.09. The van der Waals surface area contributed by atoms with Gasteiger partial charge in [-0.25, -0.2) is 13.1 Å². The Bertz CT molecular complexity index is 952. The molecule has 7 nitrogen and oxygen atoms in total. The minimum absolute atomic E-state index is 0.0206. The van der Waals surface area contributed by atoms with Crippen LogP contribution in [0.25, 0.3) is 0 Å². The third-order valence-electron chi connectivity index (χ3n) is 7.03. The number of fused-ring (bicyclic) bond motifs is 2. The number of nitrogens with one attached hydrogen (secondary N) is 2. The van der Waals surface area contributed by atoms with Gasteiger partial charge < -0.3 is 5.32 Å². The SMILES string of the molecule is CC1(C)C2CCC1(CS(=O)(=O)NC(Cc1ccccc1)C(=O)NCCC#N)C(=O)C2. The predicted molar refractivity (Wildman–Crippen MR) is 113 cm³/mol. The smallest absolute Gasteiger partial charge is 0.238 e. The van der Waals surface area contributed by atoms with Gasteiger partial charge in [-0.2, -0.15) is 5.26 Å². The Labute approximate surface area is 178 Å². The van der Waals surface area contributed by atoms with Crippen molar-refractivity contribution in [2.75, 3.05) is 12.3 Å². The average molecular weight is 432 g/mol. The highest BCUT2D eigenvalue weighted by Gasteiger charge is 2.65. The number of nitriles is 1. The maximum absolute atomic E-state index is 13.1. The van der Waals surface area contributed by atoms with E-state index in [0.717, 1.165) is 12.0 Å². The van der Waals surface area contributed by atoms with Crippen molar-refractivity contribution in [1.82, 2.24) is 10.0 Å². The molecule has 2 saturated carbocycles. The van der Waals surface area contributed by atoms with E-state index < -0.39 is 27.4 Å². The van der Waals surface area contributed by atoms with Gasteiger partial charge in [-0.05, 0) is 36.2 Å². The highest BCUT2D eigenvalue weighted by Crippen LogP contribution is 2.64. The number of hydrogen-bond acceptors (Lipinski definition) is 5. The van der Waals surface area contributed by atoms with Crippen molar-refractivity contribution in [2.45, 2.75) is 52.0 Å². The molecule has 0 saturated heterocycles. The van der Waals surface area contributed by atoms with E-state index in [9.17, 15) is 18.0 Å². The van der Waals surface area contributed by atoms with Crippen molar-refractivity contribution in [3.8, 4) is 6.07 Å². The summed E-state index contributed by atoms with van der Waals surface area (Å²) in [6.45, 7) is 4.13. The maximum atomic E-state index is 13.1. The quantitative estimate of drug-likeness (QED) is 0.580. The number of carbonyl (C=O) groups excluding carboxylic acids is 2. The van der Waals surface area contributed by atoms with Gasteiger partial charge in [-0.15, -0.1) is 0 Å². The van der Waals surface area contributed by atoms with Gasteiger partial charge in [-0.3, -0.25) is 9.59 Å². The Morgan fingerprint density at radius 3 is 2.57 bits per heavy atom. The molecule has 1 amide bonds. The number of nitrogens with zero attached hydrogens (tertiary/aromatic N) is 1. The third kappa shape index (κ3) is 4.28. The summed E-state index contributed by atoms with van der Waals surface area (Å²) >= 11 is 0. The largest absolute Gasteiger partial charge is 0.354 e. The van der Waals surface area contributed by atoms with Gasteiger partial charge in [0.15, 0.2) is 0 Å². The summed E-state index contributed by atoms with van der Waals surface area (Å²) in [7, 11) is -3.90. The van der Waals surface area contributed by atoms with Gasteiger partial charge in [-0.1, -0.05) is 44.2 Å². The lowest BCUT2D eigenvalue weighted by Crippen LogP contribution is -2.52. The van der Waals surface area contributed by atoms with Crippen molar-refractivity contribution in [1.29, 1.82) is 5.26 Å². The molecule has 2 aliphatic carbocycles. The number of ketones is 1. The van der Waals surface area contributed by atoms with Crippen LogP contribution >= 0.6 is 0 Å². The standard InChI is InChI=1S/C22H29N3O4S/c1-21(2)17-9-10-22(21,19(26)14-17)15-30(28,29)25-18(20(27)24-12-6-11-23)13-16-7-4-3-5-8-16/h3-5,7-8,17-18,25H,6,9-10,12-15H2,1-2H3,(H,24,27). The first-order valence-corrected chi connectivity index (χ1v) is 12.0. The van der Waals surface area contributed by atoms with Gasteiger partial charge in [0.2, 0.25) is 15.9 Å². The van der Waals surface area contributed by atoms with Crippen molar-refractivity contribution < 1.29 is 18.0 Å². The van der Waals surface area contributed by atoms with Crippen LogP contribution in [0.3, 0.4) is 0 Å². The van der Waals surface area contributed by atoms with Gasteiger partial charge in [0.25, 0.3) is 0 Å². The van der Waals surface area contributed by atoms with Crippen molar-refractivity contribution in [3.63, 3.8) is 0 Å². The Morgan fingerprint density at radius 2 is 2.00 bits per heavy atom. The van der Waals surface area contributed by atoms with E-state index in [0.29, 0.717) is 12.8 Å². The van der Waals surface area contributed by atoms with E-state index in [1.807, 2.05) is 50.2 Å². The van der Waals surface area contributed by atoms with Gasteiger partial charge in [0.1, 0.15) is 11.8 Å². The van der Waals surface area contributed by atoms with Gasteiger partial charge >= 0.3 is 0 Å². The number of carbonyl (C=O) groups is 2. The summed E-state index contributed by atoms with van der Waals surface area (Å²) in [5.41, 5.74) is -0.446. The van der Waals surface area contributed by atoms with Crippen LogP contribution in [0.5, 0.6) is 0 Å². The lowest BCUT2D eigenvalue weighted by atomic mass is 9.70. The molecule has 162 valence electrons. The third-order valence-corrected chi connectivity index (χ3v) is 8.55. The Kier molecular flexibility index (Phi) is 6.34. The van der Waals surface area contributed by atoms with E-state index in [-0.39, 0.29) is 42.3 Å². The number of benzene rings is 1. The first-order chi connectivity index (χ1) is 14.1. The summed E-state index contributed by atoms with van der Waals surface area (Å²) < 4.78 is 28.8. The first-order valence-electron chi connectivity index (χ1n) is 10.3. The lowest BCUT2D eigenvalue weighted by Gasteiger charge is -2.36. The zero-order valence-electron chi connectivity index (χ0n) is 17.5.